The monoisotopic (exact) mass is 337 g/mol. The number of rotatable bonds is 6. The molecule has 2 heteroatoms. The molecule has 0 radical (unpaired) electrons. The zero-order chi connectivity index (χ0) is 17.6. The highest BCUT2D eigenvalue weighted by Crippen LogP contribution is 2.32. The van der Waals surface area contributed by atoms with Crippen molar-refractivity contribution in [2.45, 2.75) is 45.4 Å². The van der Waals surface area contributed by atoms with Crippen LogP contribution in [0.25, 0.3) is 0 Å². The molecule has 0 spiro atoms. The average Bonchev–Trinajstić information content (AvgIpc) is 2.63. The summed E-state index contributed by atoms with van der Waals surface area (Å²) in [6.07, 6.45) is 5.04. The Bertz CT molecular complexity index is 657. The van der Waals surface area contributed by atoms with E-state index in [4.69, 9.17) is 4.74 Å². The lowest BCUT2D eigenvalue weighted by Crippen LogP contribution is -2.35. The summed E-state index contributed by atoms with van der Waals surface area (Å²) in [6.45, 7) is 7.98. The predicted molar refractivity (Wildman–Crippen MR) is 106 cm³/mol. The van der Waals surface area contributed by atoms with Gasteiger partial charge in [0.05, 0.1) is 7.11 Å². The average molecular weight is 338 g/mol. The summed E-state index contributed by atoms with van der Waals surface area (Å²) in [5.74, 6) is 1.70. The Morgan fingerprint density at radius 2 is 1.80 bits per heavy atom. The normalized spacial score (nSPS) is 18.3. The summed E-state index contributed by atoms with van der Waals surface area (Å²) in [5.41, 5.74) is 5.47. The van der Waals surface area contributed by atoms with E-state index in [0.717, 1.165) is 5.75 Å². The molecule has 1 fully saturated rings. The van der Waals surface area contributed by atoms with Gasteiger partial charge in [0.15, 0.2) is 0 Å². The third kappa shape index (κ3) is 4.64. The largest absolute Gasteiger partial charge is 0.496 e. The van der Waals surface area contributed by atoms with Crippen molar-refractivity contribution in [3.63, 3.8) is 0 Å². The molecule has 3 rings (SSSR count). The van der Waals surface area contributed by atoms with Crippen LogP contribution in [0.2, 0.25) is 0 Å². The van der Waals surface area contributed by atoms with Gasteiger partial charge in [-0.1, -0.05) is 42.5 Å². The highest BCUT2D eigenvalue weighted by atomic mass is 16.5. The lowest BCUT2D eigenvalue weighted by Gasteiger charge is -2.33. The first-order chi connectivity index (χ1) is 12.2. The molecule has 1 saturated heterocycles. The molecule has 2 aromatic carbocycles. The van der Waals surface area contributed by atoms with Crippen LogP contribution in [0.4, 0.5) is 0 Å². The maximum absolute atomic E-state index is 5.52. The Labute approximate surface area is 152 Å². The van der Waals surface area contributed by atoms with Crippen molar-refractivity contribution in [2.75, 3.05) is 26.7 Å². The van der Waals surface area contributed by atoms with Gasteiger partial charge in [0, 0.05) is 6.54 Å². The number of methoxy groups -OCH3 is 1. The third-order valence-electron chi connectivity index (χ3n) is 5.45. The van der Waals surface area contributed by atoms with Crippen LogP contribution in [0, 0.1) is 13.8 Å². The maximum atomic E-state index is 5.52. The summed E-state index contributed by atoms with van der Waals surface area (Å²) >= 11 is 0. The third-order valence-corrected chi connectivity index (χ3v) is 5.45. The molecule has 1 aliphatic rings. The molecule has 2 aromatic rings. The van der Waals surface area contributed by atoms with Crippen LogP contribution in [-0.2, 0) is 6.42 Å². The number of hydrogen-bond acceptors (Lipinski definition) is 2. The lowest BCUT2D eigenvalue weighted by molar-refractivity contribution is 0.206. The van der Waals surface area contributed by atoms with Crippen molar-refractivity contribution in [3.8, 4) is 5.75 Å². The first-order valence-corrected chi connectivity index (χ1v) is 9.59. The molecule has 1 atom stereocenters. The van der Waals surface area contributed by atoms with E-state index in [9.17, 15) is 0 Å². The van der Waals surface area contributed by atoms with Gasteiger partial charge in [-0.05, 0) is 80.8 Å². The zero-order valence-electron chi connectivity index (χ0n) is 15.9. The summed E-state index contributed by atoms with van der Waals surface area (Å²) in [5, 5.41) is 0. The van der Waals surface area contributed by atoms with Crippen LogP contribution < -0.4 is 4.74 Å². The second kappa shape index (κ2) is 8.53. The minimum Gasteiger partial charge on any atom is -0.496 e. The first-order valence-electron chi connectivity index (χ1n) is 9.59. The van der Waals surface area contributed by atoms with Gasteiger partial charge in [-0.15, -0.1) is 0 Å². The summed E-state index contributed by atoms with van der Waals surface area (Å²) in [7, 11) is 1.77. The number of benzene rings is 2. The number of piperidine rings is 1. The van der Waals surface area contributed by atoms with Crippen molar-refractivity contribution >= 4 is 0 Å². The van der Waals surface area contributed by atoms with Crippen molar-refractivity contribution in [2.24, 2.45) is 0 Å². The van der Waals surface area contributed by atoms with Gasteiger partial charge in [0.1, 0.15) is 5.75 Å². The fourth-order valence-electron chi connectivity index (χ4n) is 4.22. The molecule has 0 aromatic heterocycles. The van der Waals surface area contributed by atoms with Gasteiger partial charge in [0.2, 0.25) is 0 Å². The van der Waals surface area contributed by atoms with E-state index < -0.39 is 0 Å². The molecular formula is C23H31NO. The molecule has 2 nitrogen and oxygen atoms in total. The lowest BCUT2D eigenvalue weighted by atomic mass is 9.88. The molecule has 0 aliphatic carbocycles. The van der Waals surface area contributed by atoms with E-state index in [0.29, 0.717) is 5.92 Å². The number of likely N-dealkylation sites (tertiary alicyclic amines) is 1. The molecule has 0 N–H and O–H groups in total. The van der Waals surface area contributed by atoms with E-state index in [2.05, 4.69) is 61.2 Å². The zero-order valence-corrected chi connectivity index (χ0v) is 15.9. The minimum absolute atomic E-state index is 0.661. The molecule has 1 unspecified atom stereocenters. The van der Waals surface area contributed by atoms with Crippen molar-refractivity contribution in [1.82, 2.24) is 4.90 Å². The molecule has 0 saturated carbocycles. The fourth-order valence-corrected chi connectivity index (χ4v) is 4.22. The molecule has 1 heterocycles. The molecule has 25 heavy (non-hydrogen) atoms. The van der Waals surface area contributed by atoms with Crippen LogP contribution in [0.1, 0.15) is 47.4 Å². The topological polar surface area (TPSA) is 12.5 Å². The van der Waals surface area contributed by atoms with Gasteiger partial charge in [-0.25, -0.2) is 0 Å². The van der Waals surface area contributed by atoms with Crippen LogP contribution in [0.3, 0.4) is 0 Å². The Kier molecular flexibility index (Phi) is 6.14. The SMILES string of the molecule is COc1c(C)cc(C2CCCN(CCCc3ccccc3)C2)cc1C. The van der Waals surface area contributed by atoms with Crippen molar-refractivity contribution in [3.05, 3.63) is 64.7 Å². The maximum Gasteiger partial charge on any atom is 0.124 e. The van der Waals surface area contributed by atoms with Crippen LogP contribution >= 0.6 is 0 Å². The quantitative estimate of drug-likeness (QED) is 0.725. The summed E-state index contributed by atoms with van der Waals surface area (Å²) < 4.78 is 5.52. The first kappa shape index (κ1) is 18.0. The van der Waals surface area contributed by atoms with Gasteiger partial charge in [0.25, 0.3) is 0 Å². The second-order valence-corrected chi connectivity index (χ2v) is 7.42. The van der Waals surface area contributed by atoms with E-state index in [1.807, 2.05) is 0 Å². The van der Waals surface area contributed by atoms with Crippen LogP contribution in [0.15, 0.2) is 42.5 Å². The van der Waals surface area contributed by atoms with Gasteiger partial charge in [-0.3, -0.25) is 0 Å². The fraction of sp³-hybridized carbons (Fsp3) is 0.478. The Morgan fingerprint density at radius 3 is 2.48 bits per heavy atom. The minimum atomic E-state index is 0.661. The predicted octanol–water partition coefficient (Wildman–Crippen LogP) is 5.12. The van der Waals surface area contributed by atoms with Crippen LogP contribution in [-0.4, -0.2) is 31.6 Å². The van der Waals surface area contributed by atoms with E-state index in [1.165, 1.54) is 67.6 Å². The standard InChI is InChI=1S/C23H31NO/c1-18-15-22(16-19(2)23(18)25-3)21-12-8-14-24(17-21)13-7-11-20-9-5-4-6-10-20/h4-6,9-10,15-16,21H,7-8,11-14,17H2,1-3H3. The van der Waals surface area contributed by atoms with E-state index in [1.54, 1.807) is 7.11 Å². The molecular weight excluding hydrogens is 306 g/mol. The molecule has 0 bridgehead atoms. The number of aryl methyl sites for hydroxylation is 3. The van der Waals surface area contributed by atoms with Crippen molar-refractivity contribution in [1.29, 1.82) is 0 Å². The summed E-state index contributed by atoms with van der Waals surface area (Å²) in [6, 6.07) is 15.5. The van der Waals surface area contributed by atoms with E-state index >= 15 is 0 Å². The molecule has 1 aliphatic heterocycles. The number of nitrogens with zero attached hydrogens (tertiary/aromatic N) is 1. The second-order valence-electron chi connectivity index (χ2n) is 7.42. The van der Waals surface area contributed by atoms with Crippen molar-refractivity contribution < 1.29 is 4.74 Å². The highest BCUT2D eigenvalue weighted by molar-refractivity contribution is 5.44. The summed E-state index contributed by atoms with van der Waals surface area (Å²) in [4.78, 5) is 2.66. The highest BCUT2D eigenvalue weighted by Gasteiger charge is 2.22. The number of ether oxygens (including phenoxy) is 1. The molecule has 0 amide bonds. The molecule has 134 valence electrons. The Balaban J connectivity index is 1.57. The Morgan fingerprint density at radius 1 is 1.08 bits per heavy atom. The van der Waals surface area contributed by atoms with Crippen LogP contribution in [0.5, 0.6) is 5.75 Å². The van der Waals surface area contributed by atoms with Gasteiger partial charge in [-0.2, -0.15) is 0 Å². The smallest absolute Gasteiger partial charge is 0.124 e. The van der Waals surface area contributed by atoms with Gasteiger partial charge >= 0.3 is 0 Å². The van der Waals surface area contributed by atoms with Gasteiger partial charge < -0.3 is 9.64 Å². The van der Waals surface area contributed by atoms with E-state index in [-0.39, 0.29) is 0 Å². The number of hydrogen-bond donors (Lipinski definition) is 0. The Hall–Kier alpha value is -1.80.